The molecular weight excluding hydrogens is 212 g/mol. The minimum absolute atomic E-state index is 0.231. The van der Waals surface area contributed by atoms with Gasteiger partial charge in [-0.25, -0.2) is 0 Å². The molecule has 0 aliphatic rings. The Bertz CT molecular complexity index is 309. The molecule has 17 heavy (non-hydrogen) atoms. The first-order valence-electron chi connectivity index (χ1n) is 6.24. The van der Waals surface area contributed by atoms with Gasteiger partial charge in [-0.1, -0.05) is 45.0 Å². The van der Waals surface area contributed by atoms with E-state index in [9.17, 15) is 0 Å². The number of hydrogen-bond donors (Lipinski definition) is 0. The maximum Gasteiger partial charge on any atom is 0.0717 e. The topological polar surface area (TPSA) is 18.5 Å². The van der Waals surface area contributed by atoms with Crippen molar-refractivity contribution in [3.63, 3.8) is 0 Å². The lowest BCUT2D eigenvalue weighted by Crippen LogP contribution is -2.14. The van der Waals surface area contributed by atoms with Crippen LogP contribution in [0.15, 0.2) is 24.3 Å². The Balaban J connectivity index is 2.35. The lowest BCUT2D eigenvalue weighted by Gasteiger charge is -2.18. The second-order valence-electron chi connectivity index (χ2n) is 5.51. The molecule has 0 spiro atoms. The van der Waals surface area contributed by atoms with Crippen LogP contribution in [-0.4, -0.2) is 13.2 Å². The predicted molar refractivity (Wildman–Crippen MR) is 70.9 cm³/mol. The maximum atomic E-state index is 5.67. The largest absolute Gasteiger partial charge is 0.377 e. The summed E-state index contributed by atoms with van der Waals surface area (Å²) in [5.41, 5.74) is 2.66. The summed E-state index contributed by atoms with van der Waals surface area (Å²) < 4.78 is 11.0. The molecule has 0 aliphatic carbocycles. The summed E-state index contributed by atoms with van der Waals surface area (Å²) in [4.78, 5) is 0. The van der Waals surface area contributed by atoms with E-state index < -0.39 is 0 Å². The zero-order valence-corrected chi connectivity index (χ0v) is 11.5. The molecule has 1 aromatic carbocycles. The quantitative estimate of drug-likeness (QED) is 0.748. The highest BCUT2D eigenvalue weighted by Crippen LogP contribution is 2.14. The first-order chi connectivity index (χ1) is 8.01. The predicted octanol–water partition coefficient (Wildman–Crippen LogP) is 3.79. The zero-order valence-electron chi connectivity index (χ0n) is 11.5. The van der Waals surface area contributed by atoms with Crippen molar-refractivity contribution >= 4 is 0 Å². The van der Waals surface area contributed by atoms with E-state index in [0.717, 1.165) is 13.2 Å². The van der Waals surface area contributed by atoms with Gasteiger partial charge in [0.25, 0.3) is 0 Å². The zero-order chi connectivity index (χ0) is 12.7. The molecule has 2 heteroatoms. The Labute approximate surface area is 105 Å². The molecule has 0 aliphatic heterocycles. The number of rotatable bonds is 6. The third kappa shape index (κ3) is 6.44. The van der Waals surface area contributed by atoms with E-state index in [0.29, 0.717) is 13.2 Å². The second kappa shape index (κ2) is 6.77. The average molecular weight is 236 g/mol. The smallest absolute Gasteiger partial charge is 0.0717 e. The van der Waals surface area contributed by atoms with Gasteiger partial charge in [-0.15, -0.1) is 0 Å². The van der Waals surface area contributed by atoms with Gasteiger partial charge in [-0.2, -0.15) is 0 Å². The monoisotopic (exact) mass is 236 g/mol. The molecule has 0 amide bonds. The Morgan fingerprint density at radius 1 is 0.882 bits per heavy atom. The van der Waals surface area contributed by atoms with Gasteiger partial charge in [0.2, 0.25) is 0 Å². The molecule has 0 saturated heterocycles. The fraction of sp³-hybridized carbons (Fsp3) is 0.600. The van der Waals surface area contributed by atoms with Gasteiger partial charge >= 0.3 is 0 Å². The first-order valence-corrected chi connectivity index (χ1v) is 6.24. The molecule has 2 nitrogen and oxygen atoms in total. The van der Waals surface area contributed by atoms with Gasteiger partial charge in [0, 0.05) is 6.61 Å². The molecule has 0 atom stereocenters. The fourth-order valence-corrected chi connectivity index (χ4v) is 1.43. The third-order valence-corrected chi connectivity index (χ3v) is 2.30. The van der Waals surface area contributed by atoms with Crippen LogP contribution < -0.4 is 0 Å². The van der Waals surface area contributed by atoms with Crippen molar-refractivity contribution in [1.29, 1.82) is 0 Å². The molecule has 0 aromatic heterocycles. The van der Waals surface area contributed by atoms with Crippen LogP contribution in [0, 0.1) is 5.41 Å². The molecule has 0 heterocycles. The second-order valence-corrected chi connectivity index (χ2v) is 5.51. The van der Waals surface area contributed by atoms with Gasteiger partial charge < -0.3 is 9.47 Å². The van der Waals surface area contributed by atoms with Crippen molar-refractivity contribution in [3.8, 4) is 0 Å². The molecule has 1 rings (SSSR count). The van der Waals surface area contributed by atoms with Crippen LogP contribution in [-0.2, 0) is 22.7 Å². The van der Waals surface area contributed by atoms with Gasteiger partial charge in [-0.3, -0.25) is 0 Å². The van der Waals surface area contributed by atoms with Crippen molar-refractivity contribution in [3.05, 3.63) is 35.4 Å². The van der Waals surface area contributed by atoms with Crippen LogP contribution in [0.25, 0.3) is 0 Å². The van der Waals surface area contributed by atoms with E-state index in [-0.39, 0.29) is 5.41 Å². The van der Waals surface area contributed by atoms with Crippen LogP contribution in [0.5, 0.6) is 0 Å². The van der Waals surface area contributed by atoms with E-state index >= 15 is 0 Å². The van der Waals surface area contributed by atoms with Crippen molar-refractivity contribution in [1.82, 2.24) is 0 Å². The summed E-state index contributed by atoms with van der Waals surface area (Å²) in [6.07, 6.45) is 0. The normalized spacial score (nSPS) is 11.8. The standard InChI is InChI=1S/C15H24O2/c1-5-16-10-13-6-8-14(9-7-13)11-17-12-15(2,3)4/h6-9H,5,10-12H2,1-4H3. The number of hydrogen-bond acceptors (Lipinski definition) is 2. The van der Waals surface area contributed by atoms with E-state index in [1.54, 1.807) is 0 Å². The lowest BCUT2D eigenvalue weighted by molar-refractivity contribution is 0.0599. The highest BCUT2D eigenvalue weighted by molar-refractivity contribution is 5.21. The van der Waals surface area contributed by atoms with Crippen LogP contribution in [0.1, 0.15) is 38.8 Å². The van der Waals surface area contributed by atoms with Gasteiger partial charge in [0.1, 0.15) is 0 Å². The summed E-state index contributed by atoms with van der Waals surface area (Å²) in [6, 6.07) is 8.42. The lowest BCUT2D eigenvalue weighted by atomic mass is 9.99. The summed E-state index contributed by atoms with van der Waals surface area (Å²) >= 11 is 0. The number of ether oxygens (including phenoxy) is 2. The summed E-state index contributed by atoms with van der Waals surface area (Å²) in [5, 5.41) is 0. The summed E-state index contributed by atoms with van der Waals surface area (Å²) in [7, 11) is 0. The molecule has 1 aromatic rings. The van der Waals surface area contributed by atoms with E-state index in [1.807, 2.05) is 6.92 Å². The van der Waals surface area contributed by atoms with E-state index in [1.165, 1.54) is 11.1 Å². The summed E-state index contributed by atoms with van der Waals surface area (Å²) in [6.45, 7) is 11.5. The van der Waals surface area contributed by atoms with Crippen LogP contribution in [0.2, 0.25) is 0 Å². The van der Waals surface area contributed by atoms with Crippen molar-refractivity contribution in [2.75, 3.05) is 13.2 Å². The Morgan fingerprint density at radius 3 is 1.76 bits per heavy atom. The minimum Gasteiger partial charge on any atom is -0.377 e. The molecule has 0 N–H and O–H groups in total. The molecule has 96 valence electrons. The molecule has 0 fully saturated rings. The SMILES string of the molecule is CCOCc1ccc(COCC(C)(C)C)cc1. The maximum absolute atomic E-state index is 5.67. The Kier molecular flexibility index (Phi) is 5.66. The van der Waals surface area contributed by atoms with Crippen LogP contribution in [0.4, 0.5) is 0 Å². The van der Waals surface area contributed by atoms with Crippen molar-refractivity contribution < 1.29 is 9.47 Å². The van der Waals surface area contributed by atoms with Crippen molar-refractivity contribution in [2.45, 2.75) is 40.9 Å². The minimum atomic E-state index is 0.231. The third-order valence-electron chi connectivity index (χ3n) is 2.30. The Hall–Kier alpha value is -0.860. The molecular formula is C15H24O2. The highest BCUT2D eigenvalue weighted by Gasteiger charge is 2.09. The summed E-state index contributed by atoms with van der Waals surface area (Å²) in [5.74, 6) is 0. The van der Waals surface area contributed by atoms with E-state index in [2.05, 4.69) is 45.0 Å². The van der Waals surface area contributed by atoms with Gasteiger partial charge in [0.15, 0.2) is 0 Å². The van der Waals surface area contributed by atoms with Crippen molar-refractivity contribution in [2.24, 2.45) is 5.41 Å². The fourth-order valence-electron chi connectivity index (χ4n) is 1.43. The molecule has 0 saturated carbocycles. The molecule has 0 bridgehead atoms. The first kappa shape index (κ1) is 14.2. The molecule has 0 radical (unpaired) electrons. The number of benzene rings is 1. The Morgan fingerprint density at radius 2 is 1.35 bits per heavy atom. The van der Waals surface area contributed by atoms with E-state index in [4.69, 9.17) is 9.47 Å². The molecule has 0 unspecified atom stereocenters. The van der Waals surface area contributed by atoms with Crippen LogP contribution in [0.3, 0.4) is 0 Å². The van der Waals surface area contributed by atoms with Gasteiger partial charge in [-0.05, 0) is 23.5 Å². The average Bonchev–Trinajstić information content (AvgIpc) is 2.26. The van der Waals surface area contributed by atoms with Gasteiger partial charge in [0.05, 0.1) is 19.8 Å². The highest BCUT2D eigenvalue weighted by atomic mass is 16.5. The van der Waals surface area contributed by atoms with Crippen LogP contribution >= 0.6 is 0 Å².